The first-order valence-electron chi connectivity index (χ1n) is 26.0. The number of fused-ring (bicyclic) bond motifs is 1. The van der Waals surface area contributed by atoms with Crippen molar-refractivity contribution in [3.8, 4) is 0 Å². The van der Waals surface area contributed by atoms with Gasteiger partial charge in [0, 0.05) is 85.4 Å². The van der Waals surface area contributed by atoms with E-state index in [1.54, 1.807) is 32.1 Å². The summed E-state index contributed by atoms with van der Waals surface area (Å²) in [6, 6.07) is 14.1. The molecule has 5 rings (SSSR count). The van der Waals surface area contributed by atoms with Gasteiger partial charge in [0.1, 0.15) is 6.61 Å². The molecular weight excluding hydrogens is 987 g/mol. The quantitative estimate of drug-likeness (QED) is 0.0510. The third-order valence-electron chi connectivity index (χ3n) is 12.1. The number of carbonyl (C=O) groups excluding carboxylic acids is 5. The maximum atomic E-state index is 12.9. The Balaban J connectivity index is 0.759. The second-order valence-corrected chi connectivity index (χ2v) is 17.7. The average Bonchev–Trinajstić information content (AvgIpc) is 3.80. The van der Waals surface area contributed by atoms with Crippen LogP contribution in [-0.4, -0.2) is 208 Å². The van der Waals surface area contributed by atoms with Crippen molar-refractivity contribution in [2.75, 3.05) is 174 Å². The summed E-state index contributed by atoms with van der Waals surface area (Å²) in [6.45, 7) is 11.4. The molecule has 0 fully saturated rings. The predicted octanol–water partition coefficient (Wildman–Crippen LogP) is 1.52. The van der Waals surface area contributed by atoms with E-state index < -0.39 is 5.91 Å². The van der Waals surface area contributed by atoms with Gasteiger partial charge < -0.3 is 83.5 Å². The van der Waals surface area contributed by atoms with E-state index in [0.717, 1.165) is 33.6 Å². The SMILES string of the molecule is CNCCC(=O)Nc1cn(C)c(C(=O)NCCC(=O)NCCOCCOCCOCCOCCOCCOCCOCCOCC(=O)N2CC=C(c3ccc4c(c3)N(Cc3ccccc3CO)CCN4C(C)=O)CC2)n1. The van der Waals surface area contributed by atoms with Crippen LogP contribution in [0.15, 0.2) is 54.7 Å². The first kappa shape index (κ1) is 61.0. The lowest BCUT2D eigenvalue weighted by molar-refractivity contribution is -0.136. The van der Waals surface area contributed by atoms with Crippen molar-refractivity contribution >= 4 is 52.3 Å². The number of aliphatic hydroxyl groups excluding tert-OH is 1. The number of aliphatic hydroxyl groups is 1. The van der Waals surface area contributed by atoms with Gasteiger partial charge in [-0.1, -0.05) is 36.4 Å². The zero-order valence-corrected chi connectivity index (χ0v) is 44.5. The molecule has 2 aromatic carbocycles. The fourth-order valence-electron chi connectivity index (χ4n) is 8.08. The van der Waals surface area contributed by atoms with E-state index in [0.29, 0.717) is 151 Å². The molecule has 2 aliphatic heterocycles. The van der Waals surface area contributed by atoms with Gasteiger partial charge in [0.05, 0.1) is 117 Å². The van der Waals surface area contributed by atoms with E-state index in [1.165, 1.54) is 4.57 Å². The zero-order valence-electron chi connectivity index (χ0n) is 44.5. The number of aromatic nitrogens is 2. The molecule has 0 bridgehead atoms. The Morgan fingerprint density at radius 1 is 0.658 bits per heavy atom. The molecule has 5 N–H and O–H groups in total. The number of hydrogen-bond acceptors (Lipinski definition) is 17. The van der Waals surface area contributed by atoms with Crippen LogP contribution in [0.5, 0.6) is 0 Å². The number of nitrogens with one attached hydrogen (secondary N) is 4. The fraction of sp³-hybridized carbons (Fsp3) is 0.585. The smallest absolute Gasteiger partial charge is 0.287 e. The molecule has 5 amide bonds. The molecule has 0 spiro atoms. The lowest BCUT2D eigenvalue weighted by atomic mass is 9.97. The van der Waals surface area contributed by atoms with E-state index in [4.69, 9.17) is 37.9 Å². The third kappa shape index (κ3) is 22.0. The van der Waals surface area contributed by atoms with Crippen LogP contribution in [0.25, 0.3) is 5.57 Å². The summed E-state index contributed by atoms with van der Waals surface area (Å²) in [6.07, 6.45) is 4.71. The summed E-state index contributed by atoms with van der Waals surface area (Å²) >= 11 is 0. The number of amides is 5. The van der Waals surface area contributed by atoms with Gasteiger partial charge in [0.2, 0.25) is 29.5 Å². The fourth-order valence-corrected chi connectivity index (χ4v) is 8.08. The van der Waals surface area contributed by atoms with Crippen LogP contribution in [0.4, 0.5) is 17.2 Å². The third-order valence-corrected chi connectivity index (χ3v) is 12.1. The molecule has 420 valence electrons. The van der Waals surface area contributed by atoms with Crippen LogP contribution in [0.2, 0.25) is 0 Å². The highest BCUT2D eigenvalue weighted by Crippen LogP contribution is 2.38. The van der Waals surface area contributed by atoms with Gasteiger partial charge >= 0.3 is 0 Å². The van der Waals surface area contributed by atoms with E-state index >= 15 is 0 Å². The van der Waals surface area contributed by atoms with Crippen molar-refractivity contribution in [3.63, 3.8) is 0 Å². The summed E-state index contributed by atoms with van der Waals surface area (Å²) in [7, 11) is 3.40. The van der Waals surface area contributed by atoms with Gasteiger partial charge in [-0.2, -0.15) is 0 Å². The van der Waals surface area contributed by atoms with Crippen molar-refractivity contribution in [1.82, 2.24) is 30.4 Å². The first-order chi connectivity index (χ1) is 37.1. The number of imidazole rings is 1. The van der Waals surface area contributed by atoms with Gasteiger partial charge in [0.15, 0.2) is 5.82 Å². The lowest BCUT2D eigenvalue weighted by Crippen LogP contribution is -2.43. The summed E-state index contributed by atoms with van der Waals surface area (Å²) < 4.78 is 45.8. The van der Waals surface area contributed by atoms with E-state index in [9.17, 15) is 29.1 Å². The minimum Gasteiger partial charge on any atom is -0.392 e. The number of nitrogens with zero attached hydrogens (tertiary/aromatic N) is 5. The minimum absolute atomic E-state index is 0.00203. The second-order valence-electron chi connectivity index (χ2n) is 17.7. The second kappa shape index (κ2) is 35.5. The minimum atomic E-state index is -0.452. The maximum absolute atomic E-state index is 12.9. The van der Waals surface area contributed by atoms with Crippen molar-refractivity contribution in [2.45, 2.75) is 39.3 Å². The van der Waals surface area contributed by atoms with Crippen LogP contribution in [-0.2, 0) is 77.3 Å². The van der Waals surface area contributed by atoms with Gasteiger partial charge in [-0.25, -0.2) is 4.98 Å². The van der Waals surface area contributed by atoms with Crippen LogP contribution < -0.4 is 31.1 Å². The molecule has 76 heavy (non-hydrogen) atoms. The van der Waals surface area contributed by atoms with Gasteiger partial charge in [-0.15, -0.1) is 0 Å². The lowest BCUT2D eigenvalue weighted by Gasteiger charge is -2.38. The van der Waals surface area contributed by atoms with Gasteiger partial charge in [-0.3, -0.25) is 24.0 Å². The number of rotatable bonds is 38. The number of ether oxygens (including phenoxy) is 8. The number of anilines is 3. The van der Waals surface area contributed by atoms with Crippen molar-refractivity contribution in [2.24, 2.45) is 7.05 Å². The summed E-state index contributed by atoms with van der Waals surface area (Å²) in [5.41, 5.74) is 6.01. The van der Waals surface area contributed by atoms with Crippen LogP contribution in [0, 0.1) is 0 Å². The molecule has 23 heteroatoms. The maximum Gasteiger partial charge on any atom is 0.287 e. The Hall–Kier alpha value is -5.86. The predicted molar refractivity (Wildman–Crippen MR) is 284 cm³/mol. The Morgan fingerprint density at radius 3 is 1.83 bits per heavy atom. The molecule has 0 atom stereocenters. The molecule has 0 unspecified atom stereocenters. The molecule has 3 aromatic rings. The van der Waals surface area contributed by atoms with Gasteiger partial charge in [0.25, 0.3) is 5.91 Å². The molecular formula is C53H79N9O14. The van der Waals surface area contributed by atoms with Crippen LogP contribution in [0.3, 0.4) is 0 Å². The molecule has 0 saturated carbocycles. The Morgan fingerprint density at radius 2 is 1.25 bits per heavy atom. The Kier molecular flexibility index (Phi) is 28.5. The number of benzene rings is 2. The molecule has 0 saturated heterocycles. The van der Waals surface area contributed by atoms with Crippen molar-refractivity contribution < 1.29 is 67.0 Å². The summed E-state index contributed by atoms with van der Waals surface area (Å²) in [4.78, 5) is 72.0. The highest BCUT2D eigenvalue weighted by atomic mass is 16.6. The molecule has 1 aromatic heterocycles. The van der Waals surface area contributed by atoms with Crippen LogP contribution >= 0.6 is 0 Å². The highest BCUT2D eigenvalue weighted by Gasteiger charge is 2.27. The largest absolute Gasteiger partial charge is 0.392 e. The number of carbonyl (C=O) groups is 5. The Bertz CT molecular complexity index is 2280. The normalized spacial score (nSPS) is 13.4. The topological polar surface area (TPSA) is 255 Å². The highest BCUT2D eigenvalue weighted by molar-refractivity contribution is 5.97. The standard InChI is InChI=1S/C53H79N9O14/c1-41(64)62-20-19-61(37-44-6-4-5-7-45(44)39-63)47-36-43(8-9-46(47)62)42-12-17-60(18-13-42)51(67)40-76-35-34-75-33-32-74-31-30-73-29-28-72-27-26-71-25-24-70-23-22-69-21-16-55-49(65)11-15-56-53(68)52-58-48(38-59(52)3)57-50(66)10-14-54-2/h4-9,12,36,38,54,63H,10-11,13-35,37,39-40H2,1-3H3,(H,55,65)(H,56,68)(H,57,66). The zero-order chi connectivity index (χ0) is 54.2. The molecule has 0 radical (unpaired) electrons. The molecule has 3 heterocycles. The average molecular weight is 1070 g/mol. The number of aryl methyl sites for hydroxylation is 1. The van der Waals surface area contributed by atoms with E-state index in [-0.39, 0.29) is 67.9 Å². The molecule has 23 nitrogen and oxygen atoms in total. The monoisotopic (exact) mass is 1070 g/mol. The Labute approximate surface area is 445 Å². The molecule has 0 aliphatic carbocycles. The summed E-state index contributed by atoms with van der Waals surface area (Å²) in [5, 5.41) is 20.8. The van der Waals surface area contributed by atoms with Crippen molar-refractivity contribution in [1.29, 1.82) is 0 Å². The summed E-state index contributed by atoms with van der Waals surface area (Å²) in [5.74, 6) is -0.561. The van der Waals surface area contributed by atoms with E-state index in [1.807, 2.05) is 35.2 Å². The first-order valence-corrected chi connectivity index (χ1v) is 26.0. The molecule has 2 aliphatic rings. The van der Waals surface area contributed by atoms with Crippen molar-refractivity contribution in [3.05, 3.63) is 77.3 Å². The number of hydrogen-bond donors (Lipinski definition) is 5. The van der Waals surface area contributed by atoms with Crippen LogP contribution in [0.1, 0.15) is 53.5 Å². The van der Waals surface area contributed by atoms with Gasteiger partial charge in [-0.05, 0) is 47.9 Å². The van der Waals surface area contributed by atoms with E-state index in [2.05, 4.69) is 49.4 Å².